The molecule has 4 nitrogen and oxygen atoms in total. The molecule has 2 unspecified atom stereocenters. The van der Waals surface area contributed by atoms with Gasteiger partial charge < -0.3 is 20.5 Å². The Morgan fingerprint density at radius 1 is 1.33 bits per heavy atom. The van der Waals surface area contributed by atoms with E-state index in [4.69, 9.17) is 15.2 Å². The highest BCUT2D eigenvalue weighted by Crippen LogP contribution is 2.24. The van der Waals surface area contributed by atoms with Crippen LogP contribution in [0.25, 0.3) is 0 Å². The van der Waals surface area contributed by atoms with Crippen molar-refractivity contribution >= 4 is 5.69 Å². The summed E-state index contributed by atoms with van der Waals surface area (Å²) in [6.07, 6.45) is 3.89. The third-order valence-corrected chi connectivity index (χ3v) is 3.62. The fourth-order valence-electron chi connectivity index (χ4n) is 2.59. The van der Waals surface area contributed by atoms with Crippen LogP contribution in [0.3, 0.4) is 0 Å². The second-order valence-electron chi connectivity index (χ2n) is 4.76. The van der Waals surface area contributed by atoms with E-state index in [1.54, 1.807) is 14.2 Å². The molecule has 1 aliphatic carbocycles. The zero-order valence-electron chi connectivity index (χ0n) is 11.1. The molecule has 2 rings (SSSR count). The standard InChI is InChI=1S/C14H22N2O2/c1-17-13-5-3-4-12(13)16-9-10-6-7-11(15)8-14(10)18-2/h6-8,12-13,16H,3-5,9,15H2,1-2H3. The number of nitrogen functional groups attached to an aromatic ring is 1. The van der Waals surface area contributed by atoms with E-state index in [-0.39, 0.29) is 0 Å². The number of ether oxygens (including phenoxy) is 2. The van der Waals surface area contributed by atoms with Crippen LogP contribution in [0.5, 0.6) is 5.75 Å². The summed E-state index contributed by atoms with van der Waals surface area (Å²) >= 11 is 0. The number of nitrogens with two attached hydrogens (primary N) is 1. The lowest BCUT2D eigenvalue weighted by Crippen LogP contribution is -2.36. The van der Waals surface area contributed by atoms with Gasteiger partial charge in [-0.15, -0.1) is 0 Å². The highest BCUT2D eigenvalue weighted by atomic mass is 16.5. The first kappa shape index (κ1) is 13.2. The van der Waals surface area contributed by atoms with Gasteiger partial charge in [0.25, 0.3) is 0 Å². The maximum Gasteiger partial charge on any atom is 0.125 e. The molecule has 1 aromatic carbocycles. The Kier molecular flexibility index (Phi) is 4.44. The summed E-state index contributed by atoms with van der Waals surface area (Å²) in [5.41, 5.74) is 7.61. The van der Waals surface area contributed by atoms with Crippen LogP contribution in [-0.4, -0.2) is 26.4 Å². The summed E-state index contributed by atoms with van der Waals surface area (Å²) in [6, 6.07) is 6.22. The van der Waals surface area contributed by atoms with Gasteiger partial charge in [0, 0.05) is 37.0 Å². The number of hydrogen-bond donors (Lipinski definition) is 2. The highest BCUT2D eigenvalue weighted by molar-refractivity contribution is 5.48. The molecule has 0 amide bonds. The van der Waals surface area contributed by atoms with Gasteiger partial charge in [-0.05, 0) is 25.3 Å². The lowest BCUT2D eigenvalue weighted by Gasteiger charge is -2.20. The zero-order chi connectivity index (χ0) is 13.0. The molecule has 0 heterocycles. The van der Waals surface area contributed by atoms with Gasteiger partial charge in [0.05, 0.1) is 13.2 Å². The van der Waals surface area contributed by atoms with E-state index in [0.717, 1.165) is 30.0 Å². The van der Waals surface area contributed by atoms with Crippen molar-refractivity contribution < 1.29 is 9.47 Å². The van der Waals surface area contributed by atoms with Crippen molar-refractivity contribution in [1.82, 2.24) is 5.32 Å². The van der Waals surface area contributed by atoms with Crippen LogP contribution in [0.15, 0.2) is 18.2 Å². The number of methoxy groups -OCH3 is 2. The molecule has 0 aliphatic heterocycles. The first-order chi connectivity index (χ1) is 8.74. The predicted molar refractivity (Wildman–Crippen MR) is 72.7 cm³/mol. The molecule has 1 saturated carbocycles. The summed E-state index contributed by atoms with van der Waals surface area (Å²) in [5, 5.41) is 3.55. The fraction of sp³-hybridized carbons (Fsp3) is 0.571. The second-order valence-corrected chi connectivity index (χ2v) is 4.76. The van der Waals surface area contributed by atoms with E-state index in [1.807, 2.05) is 18.2 Å². The number of anilines is 1. The van der Waals surface area contributed by atoms with E-state index in [1.165, 1.54) is 12.8 Å². The molecule has 100 valence electrons. The van der Waals surface area contributed by atoms with E-state index < -0.39 is 0 Å². The Labute approximate surface area is 108 Å². The molecular formula is C14H22N2O2. The third kappa shape index (κ3) is 2.94. The van der Waals surface area contributed by atoms with Crippen molar-refractivity contribution in [3.8, 4) is 5.75 Å². The smallest absolute Gasteiger partial charge is 0.125 e. The fourth-order valence-corrected chi connectivity index (χ4v) is 2.59. The molecule has 0 aromatic heterocycles. The number of nitrogens with one attached hydrogen (secondary N) is 1. The van der Waals surface area contributed by atoms with Crippen LogP contribution in [0.2, 0.25) is 0 Å². The molecule has 0 saturated heterocycles. The van der Waals surface area contributed by atoms with Crippen LogP contribution >= 0.6 is 0 Å². The van der Waals surface area contributed by atoms with Crippen LogP contribution < -0.4 is 15.8 Å². The first-order valence-electron chi connectivity index (χ1n) is 6.43. The minimum Gasteiger partial charge on any atom is -0.496 e. The van der Waals surface area contributed by atoms with Crippen LogP contribution in [0.1, 0.15) is 24.8 Å². The van der Waals surface area contributed by atoms with Crippen LogP contribution in [0, 0.1) is 0 Å². The third-order valence-electron chi connectivity index (χ3n) is 3.62. The Bertz CT molecular complexity index is 395. The maximum absolute atomic E-state index is 5.74. The van der Waals surface area contributed by atoms with Gasteiger partial charge in [-0.1, -0.05) is 6.07 Å². The van der Waals surface area contributed by atoms with Crippen molar-refractivity contribution in [3.63, 3.8) is 0 Å². The molecule has 1 aromatic rings. The molecule has 1 fully saturated rings. The van der Waals surface area contributed by atoms with Gasteiger partial charge in [0.1, 0.15) is 5.75 Å². The monoisotopic (exact) mass is 250 g/mol. The van der Waals surface area contributed by atoms with Crippen LogP contribution in [0.4, 0.5) is 5.69 Å². The summed E-state index contributed by atoms with van der Waals surface area (Å²) in [5.74, 6) is 0.842. The quantitative estimate of drug-likeness (QED) is 0.784. The summed E-state index contributed by atoms with van der Waals surface area (Å²) in [6.45, 7) is 0.786. The van der Waals surface area contributed by atoms with Crippen LogP contribution in [-0.2, 0) is 11.3 Å². The van der Waals surface area contributed by atoms with Gasteiger partial charge >= 0.3 is 0 Å². The second kappa shape index (κ2) is 6.07. The Balaban J connectivity index is 1.97. The molecule has 0 bridgehead atoms. The predicted octanol–water partition coefficient (Wildman–Crippen LogP) is 1.93. The minimum absolute atomic E-state index is 0.338. The normalized spacial score (nSPS) is 23.2. The number of rotatable bonds is 5. The summed E-state index contributed by atoms with van der Waals surface area (Å²) in [4.78, 5) is 0. The van der Waals surface area contributed by atoms with Gasteiger partial charge in [-0.3, -0.25) is 0 Å². The summed E-state index contributed by atoms with van der Waals surface area (Å²) in [7, 11) is 3.46. The van der Waals surface area contributed by atoms with Gasteiger partial charge in [-0.2, -0.15) is 0 Å². The number of hydrogen-bond acceptors (Lipinski definition) is 4. The van der Waals surface area contributed by atoms with Crippen molar-refractivity contribution in [3.05, 3.63) is 23.8 Å². The maximum atomic E-state index is 5.74. The Hall–Kier alpha value is -1.26. The average molecular weight is 250 g/mol. The van der Waals surface area contributed by atoms with Gasteiger partial charge in [0.2, 0.25) is 0 Å². The Morgan fingerprint density at radius 2 is 2.17 bits per heavy atom. The zero-order valence-corrected chi connectivity index (χ0v) is 11.1. The van der Waals surface area contributed by atoms with E-state index in [0.29, 0.717) is 12.1 Å². The molecule has 2 atom stereocenters. The van der Waals surface area contributed by atoms with Crippen molar-refractivity contribution in [1.29, 1.82) is 0 Å². The van der Waals surface area contributed by atoms with Crippen molar-refractivity contribution in [2.24, 2.45) is 0 Å². The lowest BCUT2D eigenvalue weighted by molar-refractivity contribution is 0.0846. The first-order valence-corrected chi connectivity index (χ1v) is 6.43. The molecule has 0 radical (unpaired) electrons. The summed E-state index contributed by atoms with van der Waals surface area (Å²) < 4.78 is 10.8. The minimum atomic E-state index is 0.338. The van der Waals surface area contributed by atoms with Gasteiger partial charge in [0.15, 0.2) is 0 Å². The topological polar surface area (TPSA) is 56.5 Å². The number of benzene rings is 1. The van der Waals surface area contributed by atoms with E-state index in [9.17, 15) is 0 Å². The van der Waals surface area contributed by atoms with Crippen molar-refractivity contribution in [2.45, 2.75) is 38.0 Å². The SMILES string of the molecule is COc1cc(N)ccc1CNC1CCCC1OC. The molecule has 18 heavy (non-hydrogen) atoms. The van der Waals surface area contributed by atoms with Crippen molar-refractivity contribution in [2.75, 3.05) is 20.0 Å². The lowest BCUT2D eigenvalue weighted by atomic mass is 10.1. The van der Waals surface area contributed by atoms with E-state index >= 15 is 0 Å². The molecule has 0 spiro atoms. The Morgan fingerprint density at radius 3 is 2.89 bits per heavy atom. The van der Waals surface area contributed by atoms with Gasteiger partial charge in [-0.25, -0.2) is 0 Å². The largest absolute Gasteiger partial charge is 0.496 e. The molecule has 1 aliphatic rings. The van der Waals surface area contributed by atoms with E-state index in [2.05, 4.69) is 5.32 Å². The molecule has 3 N–H and O–H groups in total. The molecule has 4 heteroatoms. The highest BCUT2D eigenvalue weighted by Gasteiger charge is 2.26. The average Bonchev–Trinajstić information content (AvgIpc) is 2.84. The molecular weight excluding hydrogens is 228 g/mol.